The first-order valence-electron chi connectivity index (χ1n) is 6.30. The monoisotopic (exact) mass is 206 g/mol. The van der Waals surface area contributed by atoms with Crippen molar-refractivity contribution in [2.45, 2.75) is 53.9 Å². The van der Waals surface area contributed by atoms with Crippen molar-refractivity contribution < 1.29 is 0 Å². The zero-order chi connectivity index (χ0) is 11.7. The molecule has 0 N–H and O–H groups in total. The van der Waals surface area contributed by atoms with E-state index in [0.29, 0.717) is 0 Å². The van der Waals surface area contributed by atoms with Gasteiger partial charge in [0.05, 0.1) is 0 Å². The Morgan fingerprint density at radius 1 is 1.07 bits per heavy atom. The Hall–Kier alpha value is -0.780. The van der Waals surface area contributed by atoms with Gasteiger partial charge in [0, 0.05) is 0 Å². The molecule has 0 saturated carbocycles. The van der Waals surface area contributed by atoms with Crippen LogP contribution >= 0.6 is 0 Å². The standard InChI is InChI=1S/C13H20.C2H6/c1-4-12-6-5-7-13(10-12)9-8-11(2)3;1-2/h5-7,10-11H,4,8-9H2,1-3H3;1-2H3. The lowest BCUT2D eigenvalue weighted by Crippen LogP contribution is -1.92. The van der Waals surface area contributed by atoms with Gasteiger partial charge in [-0.25, -0.2) is 0 Å². The van der Waals surface area contributed by atoms with Crippen LogP contribution < -0.4 is 0 Å². The predicted octanol–water partition coefficient (Wildman–Crippen LogP) is 4.86. The molecule has 1 aromatic rings. The maximum Gasteiger partial charge on any atom is -0.0276 e. The van der Waals surface area contributed by atoms with E-state index >= 15 is 0 Å². The molecule has 0 heteroatoms. The third kappa shape index (κ3) is 6.33. The molecule has 0 aliphatic rings. The summed E-state index contributed by atoms with van der Waals surface area (Å²) in [6.45, 7) is 10.8. The molecule has 0 atom stereocenters. The highest BCUT2D eigenvalue weighted by Crippen LogP contribution is 2.11. The van der Waals surface area contributed by atoms with Crippen LogP contribution in [0.3, 0.4) is 0 Å². The Kier molecular flexibility index (Phi) is 8.08. The van der Waals surface area contributed by atoms with Crippen LogP contribution in [0.2, 0.25) is 0 Å². The average molecular weight is 206 g/mol. The van der Waals surface area contributed by atoms with E-state index in [9.17, 15) is 0 Å². The molecule has 0 amide bonds. The minimum Gasteiger partial charge on any atom is -0.0683 e. The third-order valence-electron chi connectivity index (χ3n) is 2.41. The summed E-state index contributed by atoms with van der Waals surface area (Å²) in [4.78, 5) is 0. The van der Waals surface area contributed by atoms with Crippen LogP contribution in [-0.2, 0) is 12.8 Å². The van der Waals surface area contributed by atoms with Crippen LogP contribution in [0.15, 0.2) is 24.3 Å². The molecule has 0 saturated heterocycles. The molecule has 15 heavy (non-hydrogen) atoms. The molecule has 0 bridgehead atoms. The number of rotatable bonds is 4. The maximum atomic E-state index is 2.34. The smallest absolute Gasteiger partial charge is 0.0276 e. The molecule has 0 unspecified atom stereocenters. The van der Waals surface area contributed by atoms with E-state index in [0.717, 1.165) is 12.3 Å². The second-order valence-electron chi connectivity index (χ2n) is 4.11. The van der Waals surface area contributed by atoms with Crippen LogP contribution in [-0.4, -0.2) is 0 Å². The van der Waals surface area contributed by atoms with Gasteiger partial charge in [-0.3, -0.25) is 0 Å². The van der Waals surface area contributed by atoms with Gasteiger partial charge in [0.1, 0.15) is 0 Å². The summed E-state index contributed by atoms with van der Waals surface area (Å²) in [7, 11) is 0. The minimum atomic E-state index is 0.810. The minimum absolute atomic E-state index is 0.810. The molecule has 0 nitrogen and oxygen atoms in total. The molecule has 0 fully saturated rings. The van der Waals surface area contributed by atoms with Crippen molar-refractivity contribution in [3.63, 3.8) is 0 Å². The van der Waals surface area contributed by atoms with Crippen LogP contribution in [0.5, 0.6) is 0 Å². The van der Waals surface area contributed by atoms with Gasteiger partial charge in [0.15, 0.2) is 0 Å². The Morgan fingerprint density at radius 2 is 1.67 bits per heavy atom. The van der Waals surface area contributed by atoms with Crippen molar-refractivity contribution in [3.05, 3.63) is 35.4 Å². The number of benzene rings is 1. The molecular formula is C15H26. The van der Waals surface area contributed by atoms with E-state index in [1.807, 2.05) is 13.8 Å². The Balaban J connectivity index is 0.000000921. The van der Waals surface area contributed by atoms with Gasteiger partial charge in [-0.15, -0.1) is 0 Å². The fraction of sp³-hybridized carbons (Fsp3) is 0.600. The highest BCUT2D eigenvalue weighted by atomic mass is 14.0. The zero-order valence-electron chi connectivity index (χ0n) is 11.0. The summed E-state index contributed by atoms with van der Waals surface area (Å²) in [5.41, 5.74) is 2.95. The van der Waals surface area contributed by atoms with Gasteiger partial charge in [0.2, 0.25) is 0 Å². The number of hydrogen-bond acceptors (Lipinski definition) is 0. The summed E-state index contributed by atoms with van der Waals surface area (Å²) in [5, 5.41) is 0. The van der Waals surface area contributed by atoms with Crippen LogP contribution in [0, 0.1) is 5.92 Å². The normalized spacial score (nSPS) is 9.73. The summed E-state index contributed by atoms with van der Waals surface area (Å²) in [6.07, 6.45) is 3.67. The number of hydrogen-bond donors (Lipinski definition) is 0. The van der Waals surface area contributed by atoms with Crippen LogP contribution in [0.1, 0.15) is 52.2 Å². The van der Waals surface area contributed by atoms with Gasteiger partial charge in [-0.2, -0.15) is 0 Å². The van der Waals surface area contributed by atoms with Gasteiger partial charge in [-0.1, -0.05) is 58.9 Å². The second kappa shape index (κ2) is 8.52. The van der Waals surface area contributed by atoms with Crippen molar-refractivity contribution in [1.29, 1.82) is 0 Å². The summed E-state index contributed by atoms with van der Waals surface area (Å²) >= 11 is 0. The molecular weight excluding hydrogens is 180 g/mol. The molecule has 1 aromatic carbocycles. The average Bonchev–Trinajstić information content (AvgIpc) is 2.29. The molecule has 0 heterocycles. The molecule has 86 valence electrons. The van der Waals surface area contributed by atoms with E-state index in [1.54, 1.807) is 0 Å². The summed E-state index contributed by atoms with van der Waals surface area (Å²) in [6, 6.07) is 8.96. The molecule has 0 aliphatic carbocycles. The molecule has 0 radical (unpaired) electrons. The van der Waals surface area contributed by atoms with E-state index in [2.05, 4.69) is 45.0 Å². The van der Waals surface area contributed by atoms with Crippen molar-refractivity contribution >= 4 is 0 Å². The number of aryl methyl sites for hydroxylation is 2. The first-order chi connectivity index (χ1) is 7.22. The Bertz CT molecular complexity index is 248. The quantitative estimate of drug-likeness (QED) is 0.659. The Labute approximate surface area is 95.7 Å². The van der Waals surface area contributed by atoms with Crippen molar-refractivity contribution in [3.8, 4) is 0 Å². The molecule has 0 aromatic heterocycles. The molecule has 0 aliphatic heterocycles. The van der Waals surface area contributed by atoms with Gasteiger partial charge in [0.25, 0.3) is 0 Å². The van der Waals surface area contributed by atoms with Gasteiger partial charge in [-0.05, 0) is 36.3 Å². The second-order valence-corrected chi connectivity index (χ2v) is 4.11. The lowest BCUT2D eigenvalue weighted by atomic mass is 10.0. The van der Waals surface area contributed by atoms with Crippen molar-refractivity contribution in [2.75, 3.05) is 0 Å². The lowest BCUT2D eigenvalue weighted by molar-refractivity contribution is 0.586. The summed E-state index contributed by atoms with van der Waals surface area (Å²) in [5.74, 6) is 0.810. The van der Waals surface area contributed by atoms with Crippen LogP contribution in [0.4, 0.5) is 0 Å². The van der Waals surface area contributed by atoms with Gasteiger partial charge >= 0.3 is 0 Å². The van der Waals surface area contributed by atoms with Gasteiger partial charge < -0.3 is 0 Å². The SMILES string of the molecule is CC.CCc1cccc(CCC(C)C)c1. The fourth-order valence-electron chi connectivity index (χ4n) is 1.46. The maximum absolute atomic E-state index is 2.34. The highest BCUT2D eigenvalue weighted by molar-refractivity contribution is 5.23. The van der Waals surface area contributed by atoms with Crippen molar-refractivity contribution in [1.82, 2.24) is 0 Å². The Morgan fingerprint density at radius 3 is 2.20 bits per heavy atom. The van der Waals surface area contributed by atoms with Crippen molar-refractivity contribution in [2.24, 2.45) is 5.92 Å². The molecule has 1 rings (SSSR count). The molecule has 0 spiro atoms. The topological polar surface area (TPSA) is 0 Å². The van der Waals surface area contributed by atoms with E-state index in [-0.39, 0.29) is 0 Å². The summed E-state index contributed by atoms with van der Waals surface area (Å²) < 4.78 is 0. The van der Waals surface area contributed by atoms with E-state index in [1.165, 1.54) is 24.0 Å². The first kappa shape index (κ1) is 14.2. The first-order valence-corrected chi connectivity index (χ1v) is 6.30. The largest absolute Gasteiger partial charge is 0.0683 e. The van der Waals surface area contributed by atoms with Crippen LogP contribution in [0.25, 0.3) is 0 Å². The highest BCUT2D eigenvalue weighted by Gasteiger charge is 1.97. The fourth-order valence-corrected chi connectivity index (χ4v) is 1.46. The van der Waals surface area contributed by atoms with E-state index in [4.69, 9.17) is 0 Å². The predicted molar refractivity (Wildman–Crippen MR) is 70.3 cm³/mol. The zero-order valence-corrected chi connectivity index (χ0v) is 11.0. The third-order valence-corrected chi connectivity index (χ3v) is 2.41. The lowest BCUT2D eigenvalue weighted by Gasteiger charge is -2.05. The van der Waals surface area contributed by atoms with E-state index < -0.39 is 0 Å².